The van der Waals surface area contributed by atoms with Gasteiger partial charge in [-0.15, -0.1) is 0 Å². The molecule has 3 aromatic rings. The molecular weight excluding hydrogens is 400 g/mol. The van der Waals surface area contributed by atoms with Crippen LogP contribution in [0.2, 0.25) is 0 Å². The summed E-state index contributed by atoms with van der Waals surface area (Å²) in [5.74, 6) is 0.991. The first-order chi connectivity index (χ1) is 15.7. The van der Waals surface area contributed by atoms with Crippen molar-refractivity contribution in [3.63, 3.8) is 0 Å². The molecule has 1 aromatic heterocycles. The third kappa shape index (κ3) is 4.99. The lowest BCUT2D eigenvalue weighted by atomic mass is 10.2. The number of amides is 1. The molecule has 0 unspecified atom stereocenters. The summed E-state index contributed by atoms with van der Waals surface area (Å²) in [5, 5.41) is 7.83. The Morgan fingerprint density at radius 2 is 1.94 bits per heavy atom. The van der Waals surface area contributed by atoms with Crippen molar-refractivity contribution >= 4 is 17.6 Å². The van der Waals surface area contributed by atoms with Gasteiger partial charge in [0.2, 0.25) is 5.91 Å². The Morgan fingerprint density at radius 3 is 2.75 bits per heavy atom. The number of hydrogen-bond donors (Lipinski definition) is 1. The number of fused-ring (bicyclic) bond motifs is 1. The fraction of sp³-hybridized carbons (Fsp3) is 0.320. The van der Waals surface area contributed by atoms with E-state index in [1.165, 1.54) is 5.56 Å². The number of guanidine groups is 1. The topological polar surface area (TPSA) is 65.8 Å². The number of aromatic nitrogens is 2. The van der Waals surface area contributed by atoms with Gasteiger partial charge in [-0.2, -0.15) is 5.10 Å². The molecule has 0 radical (unpaired) electrons. The number of para-hydroxylation sites is 2. The highest BCUT2D eigenvalue weighted by Gasteiger charge is 2.23. The zero-order chi connectivity index (χ0) is 22.3. The van der Waals surface area contributed by atoms with Gasteiger partial charge in [0.25, 0.3) is 0 Å². The predicted molar refractivity (Wildman–Crippen MR) is 128 cm³/mol. The number of benzene rings is 2. The van der Waals surface area contributed by atoms with Crippen LogP contribution in [0.5, 0.6) is 0 Å². The lowest BCUT2D eigenvalue weighted by molar-refractivity contribution is -0.118. The van der Waals surface area contributed by atoms with Crippen LogP contribution < -0.4 is 10.2 Å². The molecule has 1 aliphatic rings. The van der Waals surface area contributed by atoms with E-state index in [2.05, 4.69) is 26.4 Å². The summed E-state index contributed by atoms with van der Waals surface area (Å²) >= 11 is 0. The van der Waals surface area contributed by atoms with Gasteiger partial charge in [-0.3, -0.25) is 9.79 Å². The van der Waals surface area contributed by atoms with Crippen molar-refractivity contribution in [1.29, 1.82) is 0 Å². The van der Waals surface area contributed by atoms with E-state index in [1.807, 2.05) is 77.6 Å². The molecule has 0 bridgehead atoms. The number of carbonyl (C=O) groups excluding carboxylic acids is 1. The van der Waals surface area contributed by atoms with E-state index < -0.39 is 0 Å². The minimum atomic E-state index is 0.188. The van der Waals surface area contributed by atoms with Crippen molar-refractivity contribution in [2.75, 3.05) is 32.1 Å². The van der Waals surface area contributed by atoms with Gasteiger partial charge < -0.3 is 15.1 Å². The van der Waals surface area contributed by atoms with Gasteiger partial charge in [0, 0.05) is 57.6 Å². The SMILES string of the molecule is CN=C(NCCCC(=O)N1CCc2ccccc21)N(C)Cc1cnn(-c2ccccc2)c1. The highest BCUT2D eigenvalue weighted by Crippen LogP contribution is 2.27. The van der Waals surface area contributed by atoms with Crippen molar-refractivity contribution in [2.24, 2.45) is 4.99 Å². The van der Waals surface area contributed by atoms with Crippen molar-refractivity contribution in [2.45, 2.75) is 25.8 Å². The Bertz CT molecular complexity index is 1070. The van der Waals surface area contributed by atoms with Crippen molar-refractivity contribution < 1.29 is 4.79 Å². The minimum Gasteiger partial charge on any atom is -0.356 e. The number of rotatable bonds is 7. The number of carbonyl (C=O) groups is 1. The summed E-state index contributed by atoms with van der Waals surface area (Å²) in [6.45, 7) is 2.17. The Morgan fingerprint density at radius 1 is 1.16 bits per heavy atom. The molecule has 2 aromatic carbocycles. The van der Waals surface area contributed by atoms with Crippen molar-refractivity contribution in [1.82, 2.24) is 20.0 Å². The number of hydrogen-bond acceptors (Lipinski definition) is 3. The fourth-order valence-corrected chi connectivity index (χ4v) is 4.07. The quantitative estimate of drug-likeness (QED) is 0.355. The first-order valence-corrected chi connectivity index (χ1v) is 11.0. The molecule has 1 amide bonds. The van der Waals surface area contributed by atoms with Crippen LogP contribution >= 0.6 is 0 Å². The van der Waals surface area contributed by atoms with E-state index in [1.54, 1.807) is 7.05 Å². The summed E-state index contributed by atoms with van der Waals surface area (Å²) in [7, 11) is 3.78. The zero-order valence-corrected chi connectivity index (χ0v) is 18.7. The molecule has 0 atom stereocenters. The van der Waals surface area contributed by atoms with E-state index in [9.17, 15) is 4.79 Å². The second-order valence-electron chi connectivity index (χ2n) is 7.99. The molecule has 0 spiro atoms. The Labute approximate surface area is 189 Å². The predicted octanol–water partition coefficient (Wildman–Crippen LogP) is 3.25. The fourth-order valence-electron chi connectivity index (χ4n) is 4.07. The summed E-state index contributed by atoms with van der Waals surface area (Å²) in [6.07, 6.45) is 6.13. The lowest BCUT2D eigenvalue weighted by Gasteiger charge is -2.22. The van der Waals surface area contributed by atoms with Crippen LogP contribution in [0.3, 0.4) is 0 Å². The molecule has 1 aliphatic heterocycles. The van der Waals surface area contributed by atoms with Gasteiger partial charge in [0.05, 0.1) is 11.9 Å². The van der Waals surface area contributed by atoms with E-state index in [0.29, 0.717) is 19.5 Å². The molecule has 1 N–H and O–H groups in total. The maximum absolute atomic E-state index is 12.7. The third-order valence-electron chi connectivity index (χ3n) is 5.69. The number of nitrogens with one attached hydrogen (secondary N) is 1. The summed E-state index contributed by atoms with van der Waals surface area (Å²) < 4.78 is 1.88. The van der Waals surface area contributed by atoms with E-state index in [0.717, 1.165) is 42.3 Å². The third-order valence-corrected chi connectivity index (χ3v) is 5.69. The maximum Gasteiger partial charge on any atom is 0.227 e. The summed E-state index contributed by atoms with van der Waals surface area (Å²) in [6, 6.07) is 18.2. The molecule has 4 rings (SSSR count). The van der Waals surface area contributed by atoms with Crippen LogP contribution in [0.25, 0.3) is 5.69 Å². The van der Waals surface area contributed by atoms with Crippen LogP contribution in [0.15, 0.2) is 72.0 Å². The molecule has 7 nitrogen and oxygen atoms in total. The second-order valence-corrected chi connectivity index (χ2v) is 7.99. The largest absolute Gasteiger partial charge is 0.356 e. The molecular formula is C25H30N6O. The van der Waals surface area contributed by atoms with Gasteiger partial charge in [-0.05, 0) is 36.6 Å². The first-order valence-electron chi connectivity index (χ1n) is 11.0. The van der Waals surface area contributed by atoms with Gasteiger partial charge in [-0.1, -0.05) is 36.4 Å². The zero-order valence-electron chi connectivity index (χ0n) is 18.7. The monoisotopic (exact) mass is 430 g/mol. The number of anilines is 1. The van der Waals surface area contributed by atoms with Gasteiger partial charge in [-0.25, -0.2) is 4.68 Å². The van der Waals surface area contributed by atoms with Gasteiger partial charge >= 0.3 is 0 Å². The van der Waals surface area contributed by atoms with Crippen molar-refractivity contribution in [3.8, 4) is 5.69 Å². The normalized spacial score (nSPS) is 13.2. The Kier molecular flexibility index (Phi) is 6.84. The van der Waals surface area contributed by atoms with Crippen LogP contribution in [0.1, 0.15) is 24.0 Å². The minimum absolute atomic E-state index is 0.188. The highest BCUT2D eigenvalue weighted by atomic mass is 16.2. The molecule has 7 heteroatoms. The van der Waals surface area contributed by atoms with Gasteiger partial charge in [0.1, 0.15) is 0 Å². The smallest absolute Gasteiger partial charge is 0.227 e. The van der Waals surface area contributed by atoms with E-state index in [4.69, 9.17) is 0 Å². The molecule has 0 saturated heterocycles. The van der Waals surface area contributed by atoms with Gasteiger partial charge in [0.15, 0.2) is 5.96 Å². The summed E-state index contributed by atoms with van der Waals surface area (Å²) in [5.41, 5.74) is 4.46. The van der Waals surface area contributed by atoms with Crippen molar-refractivity contribution in [3.05, 3.63) is 78.1 Å². The standard InChI is InChI=1S/C25H30N6O/c1-26-25(29(2)18-20-17-28-31(19-20)22-10-4-3-5-11-22)27-15-8-13-24(32)30-16-14-21-9-6-7-12-23(21)30/h3-7,9-12,17,19H,8,13-16,18H2,1-2H3,(H,26,27). The van der Waals surface area contributed by atoms with Crippen LogP contribution in [-0.4, -0.2) is 53.7 Å². The average Bonchev–Trinajstić information content (AvgIpc) is 3.47. The maximum atomic E-state index is 12.7. The molecule has 166 valence electrons. The van der Waals surface area contributed by atoms with E-state index in [-0.39, 0.29) is 5.91 Å². The second kappa shape index (κ2) is 10.1. The summed E-state index contributed by atoms with van der Waals surface area (Å²) in [4.78, 5) is 21.0. The molecule has 0 saturated carbocycles. The lowest BCUT2D eigenvalue weighted by Crippen LogP contribution is -2.39. The molecule has 2 heterocycles. The number of aliphatic imine (C=N–C) groups is 1. The molecule has 0 fully saturated rings. The highest BCUT2D eigenvalue weighted by molar-refractivity contribution is 5.95. The Hall–Kier alpha value is -3.61. The van der Waals surface area contributed by atoms with Crippen LogP contribution in [0.4, 0.5) is 5.69 Å². The van der Waals surface area contributed by atoms with Crippen LogP contribution in [-0.2, 0) is 17.8 Å². The molecule has 32 heavy (non-hydrogen) atoms. The number of nitrogens with zero attached hydrogens (tertiary/aromatic N) is 5. The average molecular weight is 431 g/mol. The first kappa shape index (κ1) is 21.6. The van der Waals surface area contributed by atoms with E-state index >= 15 is 0 Å². The van der Waals surface area contributed by atoms with Crippen LogP contribution in [0, 0.1) is 0 Å². The molecule has 0 aliphatic carbocycles. The Balaban J connectivity index is 1.23.